The highest BCUT2D eigenvalue weighted by atomic mass is 32.2. The van der Waals surface area contributed by atoms with Gasteiger partial charge in [-0.05, 0) is 19.4 Å². The van der Waals surface area contributed by atoms with Gasteiger partial charge >= 0.3 is 0 Å². The minimum absolute atomic E-state index is 0.0105. The van der Waals surface area contributed by atoms with Crippen LogP contribution >= 0.6 is 11.3 Å². The molecule has 2 heterocycles. The molecule has 1 aromatic carbocycles. The lowest BCUT2D eigenvalue weighted by Crippen LogP contribution is -2.36. The molecule has 0 unspecified atom stereocenters. The maximum absolute atomic E-state index is 12.6. The van der Waals surface area contributed by atoms with Crippen LogP contribution in [0.15, 0.2) is 21.8 Å². The van der Waals surface area contributed by atoms with E-state index in [-0.39, 0.29) is 39.0 Å². The van der Waals surface area contributed by atoms with Gasteiger partial charge in [0.05, 0.1) is 21.0 Å². The first-order valence-electron chi connectivity index (χ1n) is 9.00. The maximum atomic E-state index is 12.6. The quantitative estimate of drug-likeness (QED) is 0.452. The van der Waals surface area contributed by atoms with Gasteiger partial charge in [-0.2, -0.15) is 4.98 Å². The molecular formula is C16H20N4O7S3. The summed E-state index contributed by atoms with van der Waals surface area (Å²) in [5.74, 6) is -0.0105. The molecule has 0 amide bonds. The zero-order valence-corrected chi connectivity index (χ0v) is 18.7. The summed E-state index contributed by atoms with van der Waals surface area (Å²) in [5.41, 5.74) is -1.25. The summed E-state index contributed by atoms with van der Waals surface area (Å²) in [6.45, 7) is 2.83. The normalized spacial score (nSPS) is 16.5. The van der Waals surface area contributed by atoms with Gasteiger partial charge in [-0.25, -0.2) is 21.1 Å². The Kier molecular flexibility index (Phi) is 6.13. The molecule has 0 aliphatic carbocycles. The number of aromatic nitrogens is 1. The van der Waals surface area contributed by atoms with Gasteiger partial charge in [-0.3, -0.25) is 14.9 Å². The molecule has 1 fully saturated rings. The summed E-state index contributed by atoms with van der Waals surface area (Å²) < 4.78 is 49.4. The van der Waals surface area contributed by atoms with Crippen molar-refractivity contribution in [1.29, 1.82) is 0 Å². The van der Waals surface area contributed by atoms with E-state index in [0.717, 1.165) is 29.7 Å². The average Bonchev–Trinajstić information content (AvgIpc) is 2.93. The highest BCUT2D eigenvalue weighted by Gasteiger charge is 2.26. The molecule has 0 atom stereocenters. The molecule has 0 bridgehead atoms. The number of sulfonamides is 1. The van der Waals surface area contributed by atoms with Crippen LogP contribution in [0.25, 0.3) is 10.1 Å². The number of benzene rings is 1. The minimum Gasteiger partial charge on any atom is -0.347 e. The Labute approximate surface area is 177 Å². The van der Waals surface area contributed by atoms with E-state index in [0.29, 0.717) is 19.5 Å². The van der Waals surface area contributed by atoms with Crippen molar-refractivity contribution in [3.8, 4) is 0 Å². The van der Waals surface area contributed by atoms with E-state index in [1.807, 2.05) is 0 Å². The Hall–Kier alpha value is -2.16. The summed E-state index contributed by atoms with van der Waals surface area (Å²) in [7, 11) is -7.11. The van der Waals surface area contributed by atoms with E-state index in [1.54, 1.807) is 11.8 Å². The van der Waals surface area contributed by atoms with Crippen molar-refractivity contribution >= 4 is 52.1 Å². The fraction of sp³-hybridized carbons (Fsp3) is 0.500. The van der Waals surface area contributed by atoms with E-state index in [2.05, 4.69) is 4.98 Å². The van der Waals surface area contributed by atoms with Crippen LogP contribution < -0.4 is 10.5 Å². The van der Waals surface area contributed by atoms with Crippen molar-refractivity contribution in [1.82, 2.24) is 9.29 Å². The lowest BCUT2D eigenvalue weighted by molar-refractivity contribution is -0.383. The van der Waals surface area contributed by atoms with Crippen LogP contribution in [0.2, 0.25) is 0 Å². The van der Waals surface area contributed by atoms with E-state index in [9.17, 15) is 31.7 Å². The first kappa shape index (κ1) is 22.5. The summed E-state index contributed by atoms with van der Waals surface area (Å²) in [4.78, 5) is 28.8. The van der Waals surface area contributed by atoms with Crippen LogP contribution in [0, 0.1) is 10.1 Å². The van der Waals surface area contributed by atoms with Gasteiger partial charge in [0.25, 0.3) is 11.2 Å². The second-order valence-corrected chi connectivity index (χ2v) is 12.0. The zero-order chi connectivity index (χ0) is 22.3. The Balaban J connectivity index is 2.08. The Morgan fingerprint density at radius 1 is 1.17 bits per heavy atom. The zero-order valence-electron chi connectivity index (χ0n) is 16.3. The second-order valence-electron chi connectivity index (χ2n) is 6.79. The van der Waals surface area contributed by atoms with Gasteiger partial charge < -0.3 is 4.90 Å². The Bertz CT molecular complexity index is 1270. The number of anilines is 1. The molecule has 30 heavy (non-hydrogen) atoms. The lowest BCUT2D eigenvalue weighted by atomic mass is 10.2. The molecule has 1 saturated heterocycles. The monoisotopic (exact) mass is 476 g/mol. The maximum Gasteiger partial charge on any atom is 0.288 e. The number of hydrogen-bond acceptors (Lipinski definition) is 10. The van der Waals surface area contributed by atoms with Gasteiger partial charge in [0.2, 0.25) is 10.0 Å². The van der Waals surface area contributed by atoms with Crippen LogP contribution in [-0.2, 0) is 19.9 Å². The van der Waals surface area contributed by atoms with Gasteiger partial charge in [0.15, 0.2) is 15.0 Å². The van der Waals surface area contributed by atoms with Crippen molar-refractivity contribution in [3.63, 3.8) is 0 Å². The Morgan fingerprint density at radius 2 is 1.87 bits per heavy atom. The number of hydrogen-bond donors (Lipinski definition) is 0. The topological polar surface area (TPSA) is 148 Å². The molecule has 0 saturated carbocycles. The highest BCUT2D eigenvalue weighted by molar-refractivity contribution is 7.90. The number of fused-ring (bicyclic) bond motifs is 1. The summed E-state index contributed by atoms with van der Waals surface area (Å²) in [5, 5.41) is 11.6. The molecule has 14 heteroatoms. The van der Waals surface area contributed by atoms with Gasteiger partial charge in [0.1, 0.15) is 4.70 Å². The number of rotatable bonds is 5. The molecule has 11 nitrogen and oxygen atoms in total. The summed E-state index contributed by atoms with van der Waals surface area (Å²) >= 11 is 0.916. The molecule has 3 rings (SSSR count). The first-order valence-corrected chi connectivity index (χ1v) is 13.3. The van der Waals surface area contributed by atoms with Crippen molar-refractivity contribution < 1.29 is 21.8 Å². The third-order valence-corrected chi connectivity index (χ3v) is 8.91. The number of sulfone groups is 1. The molecule has 164 valence electrons. The van der Waals surface area contributed by atoms with Crippen molar-refractivity contribution in [2.45, 2.75) is 18.2 Å². The van der Waals surface area contributed by atoms with Crippen LogP contribution in [0.1, 0.15) is 13.3 Å². The number of nitro benzene ring substituents is 1. The van der Waals surface area contributed by atoms with Crippen molar-refractivity contribution in [2.75, 3.05) is 43.1 Å². The van der Waals surface area contributed by atoms with E-state index < -0.39 is 36.0 Å². The second kappa shape index (κ2) is 8.17. The molecule has 2 aromatic rings. The third-order valence-electron chi connectivity index (χ3n) is 4.77. The fourth-order valence-electron chi connectivity index (χ4n) is 3.15. The van der Waals surface area contributed by atoms with E-state index in [4.69, 9.17) is 0 Å². The molecule has 1 aliphatic heterocycles. The summed E-state index contributed by atoms with van der Waals surface area (Å²) in [6, 6.07) is 2.04. The predicted molar refractivity (Wildman–Crippen MR) is 114 cm³/mol. The van der Waals surface area contributed by atoms with Crippen LogP contribution in [0.4, 0.5) is 10.8 Å². The standard InChI is InChI=1S/C16H20N4O7S3/c1-3-30(26,27)19-6-4-5-18(7-8-19)16-17-15(21)12-9-11(29(2,24)25)10-13(20(22)23)14(12)28-16/h9-10H,3-8H2,1-2H3. The van der Waals surface area contributed by atoms with Crippen LogP contribution in [-0.4, -0.2) is 69.2 Å². The first-order chi connectivity index (χ1) is 13.9. The molecule has 0 radical (unpaired) electrons. The average molecular weight is 477 g/mol. The molecule has 1 aliphatic rings. The highest BCUT2D eigenvalue weighted by Crippen LogP contribution is 2.34. The number of nitro groups is 1. The van der Waals surface area contributed by atoms with E-state index >= 15 is 0 Å². The number of nitrogens with zero attached hydrogens (tertiary/aromatic N) is 4. The largest absolute Gasteiger partial charge is 0.347 e. The summed E-state index contributed by atoms with van der Waals surface area (Å²) in [6.07, 6.45) is 1.41. The molecule has 1 aromatic heterocycles. The van der Waals surface area contributed by atoms with Gasteiger partial charge in [-0.15, -0.1) is 0 Å². The van der Waals surface area contributed by atoms with Crippen molar-refractivity contribution in [3.05, 3.63) is 32.6 Å². The van der Waals surface area contributed by atoms with Gasteiger partial charge in [-0.1, -0.05) is 11.3 Å². The SMILES string of the molecule is CCS(=O)(=O)N1CCCN(c2nc(=O)c3cc(S(C)(=O)=O)cc([N+](=O)[O-])c3s2)CC1. The minimum atomic E-state index is -3.76. The van der Waals surface area contributed by atoms with Crippen LogP contribution in [0.5, 0.6) is 0 Å². The number of non-ortho nitro benzene ring substituents is 1. The molecular weight excluding hydrogens is 456 g/mol. The molecule has 0 spiro atoms. The smallest absolute Gasteiger partial charge is 0.288 e. The Morgan fingerprint density at radius 3 is 2.47 bits per heavy atom. The lowest BCUT2D eigenvalue weighted by Gasteiger charge is -2.21. The van der Waals surface area contributed by atoms with E-state index in [1.165, 1.54) is 4.31 Å². The molecule has 0 N–H and O–H groups in total. The van der Waals surface area contributed by atoms with Gasteiger partial charge in [0, 0.05) is 38.5 Å². The third kappa shape index (κ3) is 4.45. The predicted octanol–water partition coefficient (Wildman–Crippen LogP) is 0.830. The van der Waals surface area contributed by atoms with Crippen LogP contribution in [0.3, 0.4) is 0 Å². The van der Waals surface area contributed by atoms with Crippen molar-refractivity contribution in [2.24, 2.45) is 0 Å². The fourth-order valence-corrected chi connectivity index (χ4v) is 6.05.